The number of aryl methyl sites for hydroxylation is 1. The Kier molecular flexibility index (Phi) is 6.14. The van der Waals surface area contributed by atoms with E-state index in [9.17, 15) is 9.59 Å². The van der Waals surface area contributed by atoms with Gasteiger partial charge in [-0.05, 0) is 61.3 Å². The molecule has 4 nitrogen and oxygen atoms in total. The summed E-state index contributed by atoms with van der Waals surface area (Å²) in [6.07, 6.45) is 7.76. The summed E-state index contributed by atoms with van der Waals surface area (Å²) < 4.78 is 0. The van der Waals surface area contributed by atoms with Gasteiger partial charge in [-0.1, -0.05) is 60.7 Å². The van der Waals surface area contributed by atoms with Gasteiger partial charge in [-0.15, -0.1) is 0 Å². The molecule has 4 atom stereocenters. The number of amides is 1. The van der Waals surface area contributed by atoms with Gasteiger partial charge in [-0.2, -0.15) is 0 Å². The second-order valence-electron chi connectivity index (χ2n) is 8.59. The number of hydrogen-bond acceptors (Lipinski definition) is 3. The molecule has 30 heavy (non-hydrogen) atoms. The Hall–Kier alpha value is -2.72. The second-order valence-corrected chi connectivity index (χ2v) is 8.59. The SMILES string of the molecule is C[C@H](N)C(=O)C[C@H](/C=C/C(=O)N1[C@@H]2CC[C@H]1c1ccccc12)CCc1ccccc1. The molecule has 2 aromatic carbocycles. The van der Waals surface area contributed by atoms with Crippen LogP contribution in [0.2, 0.25) is 0 Å². The minimum Gasteiger partial charge on any atom is -0.325 e. The molecular weight excluding hydrogens is 372 g/mol. The average Bonchev–Trinajstić information content (AvgIpc) is 3.33. The first-order valence-corrected chi connectivity index (χ1v) is 11.0. The van der Waals surface area contributed by atoms with Gasteiger partial charge in [-0.25, -0.2) is 0 Å². The zero-order valence-electron chi connectivity index (χ0n) is 17.5. The molecule has 0 aliphatic carbocycles. The summed E-state index contributed by atoms with van der Waals surface area (Å²) in [5.74, 6) is 0.103. The lowest BCUT2D eigenvalue weighted by atomic mass is 9.92. The highest BCUT2D eigenvalue weighted by molar-refractivity contribution is 5.89. The summed E-state index contributed by atoms with van der Waals surface area (Å²) in [5.41, 5.74) is 9.62. The molecule has 1 amide bonds. The Morgan fingerprint density at radius 1 is 1.03 bits per heavy atom. The largest absolute Gasteiger partial charge is 0.325 e. The van der Waals surface area contributed by atoms with Crippen molar-refractivity contribution in [2.75, 3.05) is 0 Å². The standard InChI is InChI=1S/C26H30N2O2/c1-18(27)25(29)17-20(12-11-19-7-3-2-4-8-19)13-16-26(30)28-23-14-15-24(28)22-10-6-5-9-21(22)23/h2-10,13,16,18,20,23-24H,11-12,14-15,17,27H2,1H3/b16-13+/t18-,20-,23-,24+/m0/s1. The lowest BCUT2D eigenvalue weighted by Gasteiger charge is -2.21. The van der Waals surface area contributed by atoms with Gasteiger partial charge in [0.25, 0.3) is 0 Å². The van der Waals surface area contributed by atoms with E-state index in [0.29, 0.717) is 6.42 Å². The summed E-state index contributed by atoms with van der Waals surface area (Å²) in [6, 6.07) is 18.5. The normalized spacial score (nSPS) is 21.6. The van der Waals surface area contributed by atoms with Crippen molar-refractivity contribution in [3.63, 3.8) is 0 Å². The fourth-order valence-corrected chi connectivity index (χ4v) is 4.86. The molecule has 2 N–H and O–H groups in total. The van der Waals surface area contributed by atoms with Crippen LogP contribution in [0.3, 0.4) is 0 Å². The number of carbonyl (C=O) groups is 2. The fourth-order valence-electron chi connectivity index (χ4n) is 4.86. The van der Waals surface area contributed by atoms with Crippen LogP contribution in [0.25, 0.3) is 0 Å². The monoisotopic (exact) mass is 402 g/mol. The highest BCUT2D eigenvalue weighted by Gasteiger charge is 2.45. The van der Waals surface area contributed by atoms with E-state index in [1.807, 2.05) is 29.2 Å². The molecule has 0 saturated carbocycles. The molecule has 2 aliphatic heterocycles. The number of allylic oxidation sites excluding steroid dienone is 1. The number of ketones is 1. The summed E-state index contributed by atoms with van der Waals surface area (Å²) in [7, 11) is 0. The van der Waals surface area contributed by atoms with Crippen molar-refractivity contribution in [3.05, 3.63) is 83.4 Å². The van der Waals surface area contributed by atoms with Crippen LogP contribution in [0.5, 0.6) is 0 Å². The van der Waals surface area contributed by atoms with E-state index in [1.54, 1.807) is 13.0 Å². The fraction of sp³-hybridized carbons (Fsp3) is 0.385. The van der Waals surface area contributed by atoms with Crippen LogP contribution in [0.1, 0.15) is 61.4 Å². The van der Waals surface area contributed by atoms with Crippen molar-refractivity contribution in [2.24, 2.45) is 11.7 Å². The van der Waals surface area contributed by atoms with Gasteiger partial charge in [-0.3, -0.25) is 9.59 Å². The van der Waals surface area contributed by atoms with Crippen LogP contribution in [0.15, 0.2) is 66.7 Å². The van der Waals surface area contributed by atoms with E-state index >= 15 is 0 Å². The number of nitrogens with two attached hydrogens (primary N) is 1. The quantitative estimate of drug-likeness (QED) is 0.661. The third kappa shape index (κ3) is 4.24. The minimum absolute atomic E-state index is 0.00953. The maximum atomic E-state index is 13.1. The molecule has 2 bridgehead atoms. The minimum atomic E-state index is -0.475. The zero-order chi connectivity index (χ0) is 21.1. The Morgan fingerprint density at radius 3 is 2.23 bits per heavy atom. The van der Waals surface area contributed by atoms with Crippen molar-refractivity contribution in [1.29, 1.82) is 0 Å². The van der Waals surface area contributed by atoms with Crippen molar-refractivity contribution >= 4 is 11.7 Å². The molecule has 2 aliphatic rings. The van der Waals surface area contributed by atoms with E-state index in [0.717, 1.165) is 25.7 Å². The highest BCUT2D eigenvalue weighted by atomic mass is 16.2. The van der Waals surface area contributed by atoms with Gasteiger partial charge in [0, 0.05) is 6.42 Å². The predicted molar refractivity (Wildman–Crippen MR) is 119 cm³/mol. The van der Waals surface area contributed by atoms with Gasteiger partial charge < -0.3 is 10.6 Å². The second kappa shape index (κ2) is 8.97. The molecule has 0 aromatic heterocycles. The number of rotatable bonds is 8. The molecule has 156 valence electrons. The predicted octanol–water partition coefficient (Wildman–Crippen LogP) is 4.52. The van der Waals surface area contributed by atoms with Crippen LogP contribution in [-0.4, -0.2) is 22.6 Å². The lowest BCUT2D eigenvalue weighted by Crippen LogP contribution is -2.28. The van der Waals surface area contributed by atoms with E-state index in [2.05, 4.69) is 36.4 Å². The zero-order valence-corrected chi connectivity index (χ0v) is 17.5. The third-order valence-corrected chi connectivity index (χ3v) is 6.48. The number of nitrogens with zero attached hydrogens (tertiary/aromatic N) is 1. The Labute approximate surface area is 178 Å². The molecule has 0 spiro atoms. The first-order chi connectivity index (χ1) is 14.5. The van der Waals surface area contributed by atoms with Gasteiger partial charge in [0.1, 0.15) is 5.78 Å². The number of benzene rings is 2. The summed E-state index contributed by atoms with van der Waals surface area (Å²) in [6.45, 7) is 1.73. The Balaban J connectivity index is 1.45. The van der Waals surface area contributed by atoms with E-state index in [1.165, 1.54) is 16.7 Å². The van der Waals surface area contributed by atoms with Crippen molar-refractivity contribution < 1.29 is 9.59 Å². The molecule has 4 rings (SSSR count). The maximum Gasteiger partial charge on any atom is 0.247 e. The number of hydrogen-bond donors (Lipinski definition) is 1. The number of fused-ring (bicyclic) bond motifs is 5. The molecule has 1 fully saturated rings. The molecular formula is C26H30N2O2. The smallest absolute Gasteiger partial charge is 0.247 e. The Morgan fingerprint density at radius 2 is 1.63 bits per heavy atom. The highest BCUT2D eigenvalue weighted by Crippen LogP contribution is 2.52. The average molecular weight is 403 g/mol. The van der Waals surface area contributed by atoms with Gasteiger partial charge in [0.2, 0.25) is 5.91 Å². The van der Waals surface area contributed by atoms with E-state index in [4.69, 9.17) is 5.73 Å². The molecule has 1 saturated heterocycles. The molecule has 2 aromatic rings. The molecule has 0 radical (unpaired) electrons. The van der Waals surface area contributed by atoms with Crippen molar-refractivity contribution in [2.45, 2.75) is 57.2 Å². The van der Waals surface area contributed by atoms with Crippen LogP contribution in [0.4, 0.5) is 0 Å². The van der Waals surface area contributed by atoms with Gasteiger partial charge in [0.15, 0.2) is 0 Å². The van der Waals surface area contributed by atoms with E-state index < -0.39 is 6.04 Å². The number of Topliss-reactive ketones (excluding diaryl/α,β-unsaturated/α-hetero) is 1. The summed E-state index contributed by atoms with van der Waals surface area (Å²) >= 11 is 0. The summed E-state index contributed by atoms with van der Waals surface area (Å²) in [5, 5.41) is 0. The van der Waals surface area contributed by atoms with Crippen LogP contribution < -0.4 is 5.73 Å². The molecule has 2 heterocycles. The summed E-state index contributed by atoms with van der Waals surface area (Å²) in [4.78, 5) is 27.4. The van der Waals surface area contributed by atoms with Gasteiger partial charge in [0.05, 0.1) is 18.1 Å². The lowest BCUT2D eigenvalue weighted by molar-refractivity contribution is -0.128. The van der Waals surface area contributed by atoms with E-state index in [-0.39, 0.29) is 29.7 Å². The molecule has 0 unspecified atom stereocenters. The molecule has 4 heteroatoms. The maximum absolute atomic E-state index is 13.1. The van der Waals surface area contributed by atoms with Crippen molar-refractivity contribution in [1.82, 2.24) is 4.90 Å². The number of carbonyl (C=O) groups excluding carboxylic acids is 2. The van der Waals surface area contributed by atoms with Crippen LogP contribution in [0, 0.1) is 5.92 Å². The first-order valence-electron chi connectivity index (χ1n) is 11.0. The topological polar surface area (TPSA) is 63.4 Å². The Bertz CT molecular complexity index is 904. The van der Waals surface area contributed by atoms with Crippen LogP contribution >= 0.6 is 0 Å². The van der Waals surface area contributed by atoms with Crippen molar-refractivity contribution in [3.8, 4) is 0 Å². The first kappa shape index (κ1) is 20.5. The third-order valence-electron chi connectivity index (χ3n) is 6.48. The van der Waals surface area contributed by atoms with Crippen LogP contribution in [-0.2, 0) is 16.0 Å². The van der Waals surface area contributed by atoms with Gasteiger partial charge >= 0.3 is 0 Å².